The lowest BCUT2D eigenvalue weighted by Crippen LogP contribution is -2.29. The molecule has 0 heterocycles. The highest BCUT2D eigenvalue weighted by molar-refractivity contribution is 6.58. The van der Waals surface area contributed by atoms with E-state index in [-0.39, 0.29) is 23.7 Å². The van der Waals surface area contributed by atoms with Gasteiger partial charge in [-0.05, 0) is 5.46 Å². The summed E-state index contributed by atoms with van der Waals surface area (Å²) >= 11 is 0. The van der Waals surface area contributed by atoms with E-state index in [0.717, 1.165) is 0 Å². The second-order valence-electron chi connectivity index (χ2n) is 4.68. The number of hydrogen-bond donors (Lipinski definition) is 2. The van der Waals surface area contributed by atoms with Gasteiger partial charge in [0, 0.05) is 17.9 Å². The lowest BCUT2D eigenvalue weighted by molar-refractivity contribution is -0.137. The second kappa shape index (κ2) is 9.91. The fraction of sp³-hybridized carbons (Fsp3) is 0.333. The molecule has 1 aromatic rings. The molecule has 6 heteroatoms. The van der Waals surface area contributed by atoms with Crippen LogP contribution < -0.4 is 5.46 Å². The maximum absolute atomic E-state index is 11.1. The molecule has 1 rings (SSSR count). The van der Waals surface area contributed by atoms with Crippen molar-refractivity contribution in [2.75, 3.05) is 7.11 Å². The van der Waals surface area contributed by atoms with Crippen molar-refractivity contribution >= 4 is 24.3 Å². The first kappa shape index (κ1) is 19.1. The molecular formula is C15H21BO5. The first-order valence-electron chi connectivity index (χ1n) is 6.49. The Balaban J connectivity index is 0.000000394. The summed E-state index contributed by atoms with van der Waals surface area (Å²) in [6, 6.07) is 8.66. The van der Waals surface area contributed by atoms with Gasteiger partial charge in [0.15, 0.2) is 0 Å². The molecule has 0 aromatic heterocycles. The van der Waals surface area contributed by atoms with Crippen LogP contribution in [0.2, 0.25) is 0 Å². The van der Waals surface area contributed by atoms with E-state index >= 15 is 0 Å². The summed E-state index contributed by atoms with van der Waals surface area (Å²) < 4.78 is 4.40. The summed E-state index contributed by atoms with van der Waals surface area (Å²) in [5.74, 6) is -0.569. The minimum Gasteiger partial charge on any atom is -0.466 e. The first-order chi connectivity index (χ1) is 9.79. The number of carbonyl (C=O) groups excluding carboxylic acids is 2. The molecule has 0 atom stereocenters. The van der Waals surface area contributed by atoms with Crippen LogP contribution in [0.5, 0.6) is 0 Å². The molecule has 0 aliphatic heterocycles. The number of rotatable bonds is 5. The van der Waals surface area contributed by atoms with E-state index in [0.29, 0.717) is 5.46 Å². The van der Waals surface area contributed by atoms with E-state index in [4.69, 9.17) is 10.0 Å². The van der Waals surface area contributed by atoms with E-state index < -0.39 is 13.1 Å². The van der Waals surface area contributed by atoms with E-state index in [9.17, 15) is 9.59 Å². The molecule has 21 heavy (non-hydrogen) atoms. The van der Waals surface area contributed by atoms with Crippen molar-refractivity contribution in [2.45, 2.75) is 20.3 Å². The Hall–Kier alpha value is -1.92. The minimum atomic E-state index is -1.34. The Kier molecular flexibility index (Phi) is 9.00. The zero-order valence-corrected chi connectivity index (χ0v) is 12.6. The van der Waals surface area contributed by atoms with Crippen LogP contribution in [-0.2, 0) is 14.3 Å². The Morgan fingerprint density at radius 3 is 2.10 bits per heavy atom. The third kappa shape index (κ3) is 8.07. The van der Waals surface area contributed by atoms with Gasteiger partial charge >= 0.3 is 13.1 Å². The van der Waals surface area contributed by atoms with E-state index in [1.807, 2.05) is 6.07 Å². The fourth-order valence-corrected chi connectivity index (χ4v) is 1.26. The average molecular weight is 292 g/mol. The number of esters is 1. The minimum absolute atomic E-state index is 0.00500. The van der Waals surface area contributed by atoms with Gasteiger partial charge in [0.05, 0.1) is 7.11 Å². The van der Waals surface area contributed by atoms with Crippen molar-refractivity contribution in [1.29, 1.82) is 0 Å². The summed E-state index contributed by atoms with van der Waals surface area (Å²) in [4.78, 5) is 21.9. The van der Waals surface area contributed by atoms with Crippen molar-refractivity contribution in [3.05, 3.63) is 42.5 Å². The zero-order chi connectivity index (χ0) is 16.4. The van der Waals surface area contributed by atoms with Gasteiger partial charge < -0.3 is 14.8 Å². The van der Waals surface area contributed by atoms with Crippen LogP contribution in [0.25, 0.3) is 0 Å². The van der Waals surface area contributed by atoms with Crippen LogP contribution in [0, 0.1) is 5.92 Å². The number of benzene rings is 1. The smallest absolute Gasteiger partial charge is 0.466 e. The highest BCUT2D eigenvalue weighted by atomic mass is 16.5. The largest absolute Gasteiger partial charge is 0.488 e. The zero-order valence-electron chi connectivity index (χ0n) is 12.6. The molecular weight excluding hydrogens is 271 g/mol. The lowest BCUT2D eigenvalue weighted by atomic mass is 9.81. The van der Waals surface area contributed by atoms with Gasteiger partial charge in [-0.3, -0.25) is 4.79 Å². The Morgan fingerprint density at radius 1 is 1.24 bits per heavy atom. The Bertz CT molecular complexity index is 468. The van der Waals surface area contributed by atoms with E-state index in [1.54, 1.807) is 38.1 Å². The van der Waals surface area contributed by atoms with Gasteiger partial charge in [-0.2, -0.15) is 0 Å². The first-order valence-corrected chi connectivity index (χ1v) is 6.49. The summed E-state index contributed by atoms with van der Waals surface area (Å²) in [5.41, 5.74) is 0.744. The van der Waals surface area contributed by atoms with Crippen LogP contribution in [0.15, 0.2) is 42.5 Å². The molecule has 0 fully saturated rings. The Morgan fingerprint density at radius 2 is 1.76 bits per heavy atom. The van der Waals surface area contributed by atoms with Crippen LogP contribution in [0.1, 0.15) is 20.3 Å². The van der Waals surface area contributed by atoms with Gasteiger partial charge in [-0.1, -0.05) is 50.8 Å². The van der Waals surface area contributed by atoms with Gasteiger partial charge in [0.2, 0.25) is 0 Å². The van der Waals surface area contributed by atoms with Crippen LogP contribution in [0.3, 0.4) is 0 Å². The number of ketones is 1. The molecule has 0 spiro atoms. The number of ether oxygens (including phenoxy) is 1. The molecule has 5 nitrogen and oxygen atoms in total. The molecule has 0 bridgehead atoms. The van der Waals surface area contributed by atoms with Crippen LogP contribution in [-0.4, -0.2) is 36.0 Å². The normalized spacial score (nSPS) is 9.43. The molecule has 0 amide bonds. The van der Waals surface area contributed by atoms with Crippen molar-refractivity contribution in [3.8, 4) is 0 Å². The third-order valence-electron chi connectivity index (χ3n) is 2.60. The van der Waals surface area contributed by atoms with E-state index in [2.05, 4.69) is 11.3 Å². The average Bonchev–Trinajstić information content (AvgIpc) is 2.47. The molecule has 0 saturated carbocycles. The summed E-state index contributed by atoms with van der Waals surface area (Å²) in [7, 11) is -0.0703. The predicted octanol–water partition coefficient (Wildman–Crippen LogP) is 0.697. The topological polar surface area (TPSA) is 83.8 Å². The maximum Gasteiger partial charge on any atom is 0.488 e. The van der Waals surface area contributed by atoms with Gasteiger partial charge in [0.25, 0.3) is 0 Å². The molecule has 114 valence electrons. The maximum atomic E-state index is 11.1. The Labute approximate surface area is 125 Å². The SMILES string of the molecule is C=C(CC(=O)C(C)C)C(=O)OC.OB(O)c1ccccc1. The van der Waals surface area contributed by atoms with Gasteiger partial charge in [0.1, 0.15) is 5.78 Å². The molecule has 2 N–H and O–H groups in total. The number of hydrogen-bond acceptors (Lipinski definition) is 5. The summed E-state index contributed by atoms with van der Waals surface area (Å²) in [5, 5.41) is 17.2. The predicted molar refractivity (Wildman–Crippen MR) is 81.9 cm³/mol. The quantitative estimate of drug-likeness (QED) is 0.474. The number of carbonyl (C=O) groups is 2. The van der Waals surface area contributed by atoms with Crippen molar-refractivity contribution in [3.63, 3.8) is 0 Å². The summed E-state index contributed by atoms with van der Waals surface area (Å²) in [6.07, 6.45) is 0.0876. The van der Waals surface area contributed by atoms with Crippen molar-refractivity contribution in [2.24, 2.45) is 5.92 Å². The fourth-order valence-electron chi connectivity index (χ4n) is 1.26. The monoisotopic (exact) mass is 292 g/mol. The molecule has 1 aromatic carbocycles. The molecule has 0 unspecified atom stereocenters. The highest BCUT2D eigenvalue weighted by Crippen LogP contribution is 2.06. The second-order valence-corrected chi connectivity index (χ2v) is 4.68. The van der Waals surface area contributed by atoms with Gasteiger partial charge in [-0.15, -0.1) is 0 Å². The van der Waals surface area contributed by atoms with Crippen LogP contribution >= 0.6 is 0 Å². The van der Waals surface area contributed by atoms with E-state index in [1.165, 1.54) is 7.11 Å². The molecule has 0 saturated heterocycles. The van der Waals surface area contributed by atoms with Gasteiger partial charge in [-0.25, -0.2) is 4.79 Å². The molecule has 0 aliphatic rings. The number of methoxy groups -OCH3 is 1. The standard InChI is InChI=1S/C9H14O3.C6H7BO2/c1-6(2)8(10)5-7(3)9(11)12-4;8-7(9)6-4-2-1-3-5-6/h6H,3,5H2,1-2,4H3;1-5,8-9H. The van der Waals surface area contributed by atoms with Crippen LogP contribution in [0.4, 0.5) is 0 Å². The highest BCUT2D eigenvalue weighted by Gasteiger charge is 2.14. The summed E-state index contributed by atoms with van der Waals surface area (Å²) in [6.45, 7) is 7.02. The number of Topliss-reactive ketones (excluding diaryl/α,β-unsaturated/α-hetero) is 1. The molecule has 0 radical (unpaired) electrons. The van der Waals surface area contributed by atoms with Crippen molar-refractivity contribution in [1.82, 2.24) is 0 Å². The lowest BCUT2D eigenvalue weighted by Gasteiger charge is -2.04. The molecule has 0 aliphatic carbocycles. The van der Waals surface area contributed by atoms with Crippen molar-refractivity contribution < 1.29 is 24.4 Å². The third-order valence-corrected chi connectivity index (χ3v) is 2.60.